The van der Waals surface area contributed by atoms with Crippen LogP contribution in [-0.4, -0.2) is 29.4 Å². The Hall–Kier alpha value is -0.420. The molecule has 0 aliphatic carbocycles. The molecule has 1 unspecified atom stereocenters. The average Bonchev–Trinajstić information content (AvgIpc) is 2.30. The Balaban J connectivity index is 2.50. The zero-order valence-corrected chi connectivity index (χ0v) is 11.6. The zero-order chi connectivity index (χ0) is 12.8. The van der Waals surface area contributed by atoms with Gasteiger partial charge in [0.2, 0.25) is 5.91 Å². The predicted molar refractivity (Wildman–Crippen MR) is 71.9 cm³/mol. The number of amides is 1. The first-order chi connectivity index (χ1) is 8.02. The Labute approximate surface area is 114 Å². The minimum atomic E-state index is -0.238. The fourth-order valence-electron chi connectivity index (χ4n) is 1.09. The van der Waals surface area contributed by atoms with Crippen molar-refractivity contribution in [1.82, 2.24) is 5.32 Å². The van der Waals surface area contributed by atoms with Crippen LogP contribution >= 0.6 is 35.0 Å². The summed E-state index contributed by atoms with van der Waals surface area (Å²) < 4.78 is 0. The van der Waals surface area contributed by atoms with Gasteiger partial charge in [-0.2, -0.15) is 0 Å². The summed E-state index contributed by atoms with van der Waals surface area (Å²) in [6.07, 6.45) is 0. The second-order valence-electron chi connectivity index (χ2n) is 3.51. The Kier molecular flexibility index (Phi) is 6.12. The summed E-state index contributed by atoms with van der Waals surface area (Å²) in [4.78, 5) is 12.2. The van der Waals surface area contributed by atoms with Gasteiger partial charge in [-0.05, 0) is 25.1 Å². The van der Waals surface area contributed by atoms with Crippen LogP contribution in [0.1, 0.15) is 6.92 Å². The monoisotopic (exact) mass is 293 g/mol. The van der Waals surface area contributed by atoms with Crippen LogP contribution in [0.4, 0.5) is 0 Å². The topological polar surface area (TPSA) is 49.3 Å². The van der Waals surface area contributed by atoms with Crippen molar-refractivity contribution in [3.05, 3.63) is 28.2 Å². The molecule has 0 spiro atoms. The fraction of sp³-hybridized carbons (Fsp3) is 0.364. The third kappa shape index (κ3) is 5.17. The quantitative estimate of drug-likeness (QED) is 0.821. The van der Waals surface area contributed by atoms with E-state index in [9.17, 15) is 4.79 Å². The molecule has 0 bridgehead atoms. The highest BCUT2D eigenvalue weighted by atomic mass is 35.5. The highest BCUT2D eigenvalue weighted by Crippen LogP contribution is 2.29. The molecule has 0 fully saturated rings. The minimum absolute atomic E-state index is 0.0751. The van der Waals surface area contributed by atoms with Crippen molar-refractivity contribution in [2.45, 2.75) is 17.9 Å². The van der Waals surface area contributed by atoms with E-state index in [1.807, 2.05) is 0 Å². The van der Waals surface area contributed by atoms with Gasteiger partial charge in [0.1, 0.15) is 0 Å². The van der Waals surface area contributed by atoms with Gasteiger partial charge in [-0.3, -0.25) is 4.79 Å². The molecular formula is C11H13Cl2NO2S. The van der Waals surface area contributed by atoms with Gasteiger partial charge in [-0.15, -0.1) is 11.8 Å². The van der Waals surface area contributed by atoms with E-state index in [1.165, 1.54) is 11.8 Å². The van der Waals surface area contributed by atoms with E-state index in [4.69, 9.17) is 28.3 Å². The number of hydrogen-bond donors (Lipinski definition) is 2. The van der Waals surface area contributed by atoms with Crippen LogP contribution in [0.25, 0.3) is 0 Å². The van der Waals surface area contributed by atoms with Crippen LogP contribution in [0.3, 0.4) is 0 Å². The molecule has 17 heavy (non-hydrogen) atoms. The number of benzene rings is 1. The van der Waals surface area contributed by atoms with E-state index in [1.54, 1.807) is 25.1 Å². The van der Waals surface area contributed by atoms with Gasteiger partial charge in [-0.25, -0.2) is 0 Å². The molecule has 0 aliphatic rings. The van der Waals surface area contributed by atoms with Gasteiger partial charge in [-0.1, -0.05) is 23.2 Å². The highest BCUT2D eigenvalue weighted by Gasteiger charge is 2.08. The summed E-state index contributed by atoms with van der Waals surface area (Å²) in [6.45, 7) is 1.66. The van der Waals surface area contributed by atoms with Crippen molar-refractivity contribution in [3.8, 4) is 0 Å². The average molecular weight is 294 g/mol. The van der Waals surface area contributed by atoms with Crippen LogP contribution in [0.5, 0.6) is 0 Å². The van der Waals surface area contributed by atoms with E-state index >= 15 is 0 Å². The molecule has 1 aromatic carbocycles. The van der Waals surface area contributed by atoms with Gasteiger partial charge in [0.25, 0.3) is 0 Å². The van der Waals surface area contributed by atoms with Crippen LogP contribution in [0.15, 0.2) is 23.1 Å². The number of thioether (sulfide) groups is 1. The van der Waals surface area contributed by atoms with Gasteiger partial charge >= 0.3 is 0 Å². The van der Waals surface area contributed by atoms with Crippen LogP contribution in [0.2, 0.25) is 10.0 Å². The Morgan fingerprint density at radius 1 is 1.53 bits per heavy atom. The lowest BCUT2D eigenvalue weighted by molar-refractivity contribution is -0.119. The molecule has 6 heteroatoms. The van der Waals surface area contributed by atoms with Crippen molar-refractivity contribution in [1.29, 1.82) is 0 Å². The first kappa shape index (κ1) is 14.6. The number of hydrogen-bond acceptors (Lipinski definition) is 3. The standard InChI is InChI=1S/C11H13Cl2NO2S/c1-7(5-15)14-11(16)6-17-10-4-8(12)2-3-9(10)13/h2-4,7,15H,5-6H2,1H3,(H,14,16). The maximum atomic E-state index is 11.5. The third-order valence-electron chi connectivity index (χ3n) is 1.93. The molecule has 0 aliphatic heterocycles. The van der Waals surface area contributed by atoms with Crippen molar-refractivity contribution in [3.63, 3.8) is 0 Å². The van der Waals surface area contributed by atoms with Crippen LogP contribution in [-0.2, 0) is 4.79 Å². The molecule has 0 saturated heterocycles. The van der Waals surface area contributed by atoms with E-state index in [2.05, 4.69) is 5.32 Å². The number of carbonyl (C=O) groups excluding carboxylic acids is 1. The summed E-state index contributed by atoms with van der Waals surface area (Å²) in [7, 11) is 0. The van der Waals surface area contributed by atoms with Gasteiger partial charge in [0.05, 0.1) is 17.4 Å². The number of aliphatic hydroxyl groups is 1. The molecule has 1 rings (SSSR count). The van der Waals surface area contributed by atoms with Crippen molar-refractivity contribution in [2.24, 2.45) is 0 Å². The lowest BCUT2D eigenvalue weighted by atomic mass is 10.4. The zero-order valence-electron chi connectivity index (χ0n) is 9.24. The minimum Gasteiger partial charge on any atom is -0.394 e. The number of carbonyl (C=O) groups is 1. The number of nitrogens with one attached hydrogen (secondary N) is 1. The smallest absolute Gasteiger partial charge is 0.230 e. The summed E-state index contributed by atoms with van der Waals surface area (Å²) in [5.41, 5.74) is 0. The normalized spacial score (nSPS) is 12.2. The predicted octanol–water partition coefficient (Wildman–Crippen LogP) is 2.58. The molecular weight excluding hydrogens is 281 g/mol. The fourth-order valence-corrected chi connectivity index (χ4v) is 2.40. The number of halogens is 2. The summed E-state index contributed by atoms with van der Waals surface area (Å²) >= 11 is 13.1. The second-order valence-corrected chi connectivity index (χ2v) is 5.38. The molecule has 0 radical (unpaired) electrons. The molecule has 1 amide bonds. The SMILES string of the molecule is CC(CO)NC(=O)CSc1cc(Cl)ccc1Cl. The molecule has 0 saturated carbocycles. The maximum Gasteiger partial charge on any atom is 0.230 e. The molecule has 2 N–H and O–H groups in total. The molecule has 1 aromatic rings. The molecule has 1 atom stereocenters. The van der Waals surface area contributed by atoms with E-state index in [0.29, 0.717) is 10.0 Å². The summed E-state index contributed by atoms with van der Waals surface area (Å²) in [5.74, 6) is 0.0947. The maximum absolute atomic E-state index is 11.5. The Morgan fingerprint density at radius 3 is 2.88 bits per heavy atom. The lowest BCUT2D eigenvalue weighted by Gasteiger charge is -2.10. The van der Waals surface area contributed by atoms with E-state index in [-0.39, 0.29) is 24.3 Å². The van der Waals surface area contributed by atoms with Gasteiger partial charge < -0.3 is 10.4 Å². The van der Waals surface area contributed by atoms with Crippen molar-refractivity contribution < 1.29 is 9.90 Å². The van der Waals surface area contributed by atoms with Crippen molar-refractivity contribution in [2.75, 3.05) is 12.4 Å². The Morgan fingerprint density at radius 2 is 2.24 bits per heavy atom. The lowest BCUT2D eigenvalue weighted by Crippen LogP contribution is -2.36. The largest absolute Gasteiger partial charge is 0.394 e. The van der Waals surface area contributed by atoms with Crippen LogP contribution < -0.4 is 5.32 Å². The number of aliphatic hydroxyl groups excluding tert-OH is 1. The Bertz CT molecular complexity index is 401. The molecule has 94 valence electrons. The van der Waals surface area contributed by atoms with E-state index in [0.717, 1.165) is 4.90 Å². The van der Waals surface area contributed by atoms with Crippen molar-refractivity contribution >= 4 is 40.9 Å². The van der Waals surface area contributed by atoms with E-state index < -0.39 is 0 Å². The van der Waals surface area contributed by atoms with Gasteiger partial charge in [0.15, 0.2) is 0 Å². The number of rotatable bonds is 5. The molecule has 0 heterocycles. The van der Waals surface area contributed by atoms with Gasteiger partial charge in [0, 0.05) is 16.0 Å². The first-order valence-corrected chi connectivity index (χ1v) is 6.75. The highest BCUT2D eigenvalue weighted by molar-refractivity contribution is 8.00. The molecule has 0 aromatic heterocycles. The summed E-state index contributed by atoms with van der Waals surface area (Å²) in [5, 5.41) is 12.6. The first-order valence-electron chi connectivity index (χ1n) is 5.01. The second kappa shape index (κ2) is 7.11. The molecule has 3 nitrogen and oxygen atoms in total. The van der Waals surface area contributed by atoms with Crippen LogP contribution in [0, 0.1) is 0 Å². The third-order valence-corrected chi connectivity index (χ3v) is 3.67. The summed E-state index contributed by atoms with van der Waals surface area (Å²) in [6, 6.07) is 4.87.